The van der Waals surface area contributed by atoms with Crippen LogP contribution < -0.4 is 0 Å². The molecule has 3 aromatic carbocycles. The lowest BCUT2D eigenvalue weighted by molar-refractivity contribution is -0.243. The number of imidazole rings is 1. The average molecular weight is 425 g/mol. The molecule has 0 spiro atoms. The van der Waals surface area contributed by atoms with Crippen molar-refractivity contribution in [1.82, 2.24) is 9.55 Å². The van der Waals surface area contributed by atoms with E-state index in [0.717, 1.165) is 34.8 Å². The first-order valence-corrected chi connectivity index (χ1v) is 11.2. The first-order chi connectivity index (χ1) is 15.7. The van der Waals surface area contributed by atoms with Crippen molar-refractivity contribution in [2.45, 2.75) is 45.3 Å². The van der Waals surface area contributed by atoms with E-state index >= 15 is 0 Å². The van der Waals surface area contributed by atoms with E-state index in [4.69, 9.17) is 14.5 Å². The fraction of sp³-hybridized carbons (Fsp3) is 0.250. The summed E-state index contributed by atoms with van der Waals surface area (Å²) in [4.78, 5) is 5.16. The van der Waals surface area contributed by atoms with E-state index in [9.17, 15) is 0 Å². The molecule has 4 heteroatoms. The summed E-state index contributed by atoms with van der Waals surface area (Å²) in [5.74, 6) is 0.810. The Balaban J connectivity index is 1.72. The number of ether oxygens (including phenoxy) is 2. The number of benzene rings is 3. The molecule has 0 radical (unpaired) electrons. The molecule has 0 aliphatic carbocycles. The second-order valence-corrected chi connectivity index (χ2v) is 8.43. The molecule has 1 aliphatic heterocycles. The third-order valence-corrected chi connectivity index (χ3v) is 5.86. The van der Waals surface area contributed by atoms with Crippen LogP contribution in [0.25, 0.3) is 22.5 Å². The van der Waals surface area contributed by atoms with Gasteiger partial charge in [-0.1, -0.05) is 91.0 Å². The van der Waals surface area contributed by atoms with Gasteiger partial charge in [0.15, 0.2) is 5.82 Å². The van der Waals surface area contributed by atoms with Gasteiger partial charge in [0.25, 0.3) is 0 Å². The summed E-state index contributed by atoms with van der Waals surface area (Å²) < 4.78 is 14.8. The van der Waals surface area contributed by atoms with Crippen LogP contribution in [0.4, 0.5) is 0 Å². The lowest BCUT2D eigenvalue weighted by Crippen LogP contribution is -2.32. The molecule has 32 heavy (non-hydrogen) atoms. The summed E-state index contributed by atoms with van der Waals surface area (Å²) in [6.45, 7) is 4.89. The van der Waals surface area contributed by atoms with Gasteiger partial charge in [0.2, 0.25) is 6.29 Å². The summed E-state index contributed by atoms with van der Waals surface area (Å²) in [5, 5.41) is 0. The first kappa shape index (κ1) is 20.7. The third-order valence-electron chi connectivity index (χ3n) is 5.86. The number of hydrogen-bond donors (Lipinski definition) is 0. The fourth-order valence-electron chi connectivity index (χ4n) is 4.42. The Bertz CT molecular complexity index is 1150. The molecule has 1 fully saturated rings. The molecule has 2 heterocycles. The van der Waals surface area contributed by atoms with Crippen LogP contribution in [0.15, 0.2) is 91.0 Å². The minimum absolute atomic E-state index is 0.117. The maximum Gasteiger partial charge on any atom is 0.217 e. The predicted molar refractivity (Wildman–Crippen MR) is 127 cm³/mol. The first-order valence-electron chi connectivity index (χ1n) is 11.2. The Hall–Kier alpha value is -3.21. The zero-order valence-corrected chi connectivity index (χ0v) is 18.5. The van der Waals surface area contributed by atoms with Gasteiger partial charge in [0, 0.05) is 17.7 Å². The number of hydrogen-bond acceptors (Lipinski definition) is 3. The quantitative estimate of drug-likeness (QED) is 0.368. The minimum atomic E-state index is -0.502. The summed E-state index contributed by atoms with van der Waals surface area (Å²) in [6.07, 6.45) is 0.613. The number of nitrogens with zero attached hydrogens (tertiary/aromatic N) is 2. The van der Waals surface area contributed by atoms with E-state index in [1.807, 2.05) is 18.2 Å². The Kier molecular flexibility index (Phi) is 5.89. The Morgan fingerprint density at radius 2 is 1.28 bits per heavy atom. The van der Waals surface area contributed by atoms with Crippen LogP contribution in [0.3, 0.4) is 0 Å². The van der Waals surface area contributed by atoms with Gasteiger partial charge in [-0.3, -0.25) is 0 Å². The molecule has 2 atom stereocenters. The van der Waals surface area contributed by atoms with Gasteiger partial charge in [-0.05, 0) is 25.8 Å². The summed E-state index contributed by atoms with van der Waals surface area (Å²) in [5.41, 5.74) is 5.43. The van der Waals surface area contributed by atoms with E-state index in [0.29, 0.717) is 6.54 Å². The van der Waals surface area contributed by atoms with Gasteiger partial charge in [0.05, 0.1) is 23.6 Å². The molecule has 0 amide bonds. The van der Waals surface area contributed by atoms with Gasteiger partial charge in [-0.25, -0.2) is 4.98 Å². The van der Waals surface area contributed by atoms with Crippen molar-refractivity contribution < 1.29 is 9.47 Å². The maximum absolute atomic E-state index is 6.26. The molecule has 162 valence electrons. The van der Waals surface area contributed by atoms with Crippen molar-refractivity contribution in [2.75, 3.05) is 0 Å². The zero-order chi connectivity index (χ0) is 21.9. The highest BCUT2D eigenvalue weighted by Crippen LogP contribution is 2.38. The monoisotopic (exact) mass is 424 g/mol. The van der Waals surface area contributed by atoms with Crippen LogP contribution in [-0.4, -0.2) is 21.8 Å². The van der Waals surface area contributed by atoms with Crippen LogP contribution >= 0.6 is 0 Å². The maximum atomic E-state index is 6.26. The fourth-order valence-corrected chi connectivity index (χ4v) is 4.42. The average Bonchev–Trinajstić information content (AvgIpc) is 3.19. The largest absolute Gasteiger partial charge is 0.343 e. The summed E-state index contributed by atoms with van der Waals surface area (Å²) in [7, 11) is 0. The molecule has 1 saturated heterocycles. The van der Waals surface area contributed by atoms with Crippen LogP contribution in [0.5, 0.6) is 0 Å². The molecule has 1 aromatic heterocycles. The topological polar surface area (TPSA) is 36.3 Å². The second-order valence-electron chi connectivity index (χ2n) is 8.43. The van der Waals surface area contributed by atoms with Crippen molar-refractivity contribution in [3.63, 3.8) is 0 Å². The summed E-state index contributed by atoms with van der Waals surface area (Å²) >= 11 is 0. The summed E-state index contributed by atoms with van der Waals surface area (Å²) in [6, 6.07) is 31.3. The van der Waals surface area contributed by atoms with Gasteiger partial charge in [0.1, 0.15) is 0 Å². The highest BCUT2D eigenvalue weighted by atomic mass is 16.7. The van der Waals surface area contributed by atoms with E-state index in [-0.39, 0.29) is 12.2 Å². The second kappa shape index (κ2) is 9.11. The molecule has 0 bridgehead atoms. The SMILES string of the molecule is CC1CC(C)OC(c2nc(-c3ccccc3)c(-c3ccccc3)n2Cc2ccccc2)O1. The predicted octanol–water partition coefficient (Wildman–Crippen LogP) is 6.48. The molecular formula is C28H28N2O2. The van der Waals surface area contributed by atoms with Crippen LogP contribution in [0.2, 0.25) is 0 Å². The standard InChI is InChI=1S/C28H28N2O2/c1-20-18-21(2)32-28(31-20)27-29-25(23-14-8-4-9-15-23)26(24-16-10-5-11-17-24)30(27)19-22-12-6-3-7-13-22/h3-17,20-21,28H,18-19H2,1-2H3. The van der Waals surface area contributed by atoms with Gasteiger partial charge < -0.3 is 14.0 Å². The third kappa shape index (κ3) is 4.24. The molecule has 0 N–H and O–H groups in total. The molecular weight excluding hydrogens is 396 g/mol. The highest BCUT2D eigenvalue weighted by Gasteiger charge is 2.32. The Morgan fingerprint density at radius 3 is 1.88 bits per heavy atom. The van der Waals surface area contributed by atoms with Crippen LogP contribution in [-0.2, 0) is 16.0 Å². The number of aromatic nitrogens is 2. The van der Waals surface area contributed by atoms with Crippen molar-refractivity contribution in [2.24, 2.45) is 0 Å². The minimum Gasteiger partial charge on any atom is -0.343 e. The van der Waals surface area contributed by atoms with Crippen molar-refractivity contribution >= 4 is 0 Å². The lowest BCUT2D eigenvalue weighted by Gasteiger charge is -2.32. The molecule has 4 aromatic rings. The molecule has 2 unspecified atom stereocenters. The van der Waals surface area contributed by atoms with Crippen molar-refractivity contribution in [3.8, 4) is 22.5 Å². The van der Waals surface area contributed by atoms with E-state index in [1.54, 1.807) is 0 Å². The van der Waals surface area contributed by atoms with E-state index in [2.05, 4.69) is 91.2 Å². The molecule has 1 aliphatic rings. The van der Waals surface area contributed by atoms with Gasteiger partial charge in [-0.15, -0.1) is 0 Å². The van der Waals surface area contributed by atoms with Crippen molar-refractivity contribution in [1.29, 1.82) is 0 Å². The smallest absolute Gasteiger partial charge is 0.217 e. The highest BCUT2D eigenvalue weighted by molar-refractivity contribution is 5.79. The van der Waals surface area contributed by atoms with Crippen LogP contribution in [0, 0.1) is 0 Å². The van der Waals surface area contributed by atoms with E-state index < -0.39 is 6.29 Å². The van der Waals surface area contributed by atoms with Gasteiger partial charge in [-0.2, -0.15) is 0 Å². The normalized spacial score (nSPS) is 20.9. The molecule has 5 rings (SSSR count). The van der Waals surface area contributed by atoms with E-state index in [1.165, 1.54) is 5.56 Å². The van der Waals surface area contributed by atoms with Crippen LogP contribution in [0.1, 0.15) is 37.9 Å². The Labute approximate surface area is 189 Å². The van der Waals surface area contributed by atoms with Gasteiger partial charge >= 0.3 is 0 Å². The molecule has 4 nitrogen and oxygen atoms in total. The Morgan fingerprint density at radius 1 is 0.750 bits per heavy atom. The van der Waals surface area contributed by atoms with Crippen molar-refractivity contribution in [3.05, 3.63) is 102 Å². The lowest BCUT2D eigenvalue weighted by atomic mass is 10.0. The zero-order valence-electron chi connectivity index (χ0n) is 18.5. The number of rotatable bonds is 5. The molecule has 0 saturated carbocycles.